The maximum Gasteiger partial charge on any atom is 0.248 e. The van der Waals surface area contributed by atoms with Gasteiger partial charge in [-0.1, -0.05) is 24.3 Å². The Balaban J connectivity index is 2.14. The molecule has 0 unspecified atom stereocenters. The van der Waals surface area contributed by atoms with E-state index < -0.39 is 0 Å². The molecule has 0 bridgehead atoms. The summed E-state index contributed by atoms with van der Waals surface area (Å²) < 4.78 is 5.11. The molecule has 110 valence electrons. The number of allylic oxidation sites excluding steroid dienone is 1. The molecule has 4 heteroatoms. The molecular weight excluding hydrogens is 276 g/mol. The predicted molar refractivity (Wildman–Crippen MR) is 86.4 cm³/mol. The molecule has 1 amide bonds. The normalized spacial score (nSPS) is 10.7. The highest BCUT2D eigenvalue weighted by atomic mass is 16.5. The molecule has 0 saturated carbocycles. The molecule has 0 heterocycles. The largest absolute Gasteiger partial charge is 0.497 e. The summed E-state index contributed by atoms with van der Waals surface area (Å²) in [5.41, 5.74) is 2.71. The Morgan fingerprint density at radius 3 is 2.50 bits per heavy atom. The van der Waals surface area contributed by atoms with Crippen LogP contribution < -0.4 is 10.1 Å². The summed E-state index contributed by atoms with van der Waals surface area (Å²) in [6, 6.07) is 16.4. The molecule has 0 aromatic heterocycles. The zero-order chi connectivity index (χ0) is 15.9. The summed E-state index contributed by atoms with van der Waals surface area (Å²) in [5.74, 6) is 0.500. The molecule has 2 aromatic carbocycles. The van der Waals surface area contributed by atoms with Crippen molar-refractivity contribution in [1.82, 2.24) is 0 Å². The Kier molecular flexibility index (Phi) is 4.94. The molecule has 0 saturated heterocycles. The molecule has 0 aliphatic heterocycles. The van der Waals surface area contributed by atoms with Crippen LogP contribution in [0.15, 0.2) is 54.6 Å². The lowest BCUT2D eigenvalue weighted by molar-refractivity contribution is -0.111. The number of carbonyl (C=O) groups excluding carboxylic acids is 1. The predicted octanol–water partition coefficient (Wildman–Crippen LogP) is 3.61. The van der Waals surface area contributed by atoms with Crippen molar-refractivity contribution in [3.63, 3.8) is 0 Å². The van der Waals surface area contributed by atoms with E-state index in [0.29, 0.717) is 11.3 Å². The topological polar surface area (TPSA) is 62.1 Å². The fourth-order valence-corrected chi connectivity index (χ4v) is 1.99. The van der Waals surface area contributed by atoms with Gasteiger partial charge in [0.15, 0.2) is 0 Å². The number of nitrogens with one attached hydrogen (secondary N) is 1. The van der Waals surface area contributed by atoms with Gasteiger partial charge in [-0.3, -0.25) is 4.79 Å². The van der Waals surface area contributed by atoms with Crippen molar-refractivity contribution < 1.29 is 9.53 Å². The lowest BCUT2D eigenvalue weighted by Crippen LogP contribution is -2.09. The van der Waals surface area contributed by atoms with Crippen molar-refractivity contribution in [2.24, 2.45) is 0 Å². The second-order valence-electron chi connectivity index (χ2n) is 4.70. The summed E-state index contributed by atoms with van der Waals surface area (Å²) in [7, 11) is 1.61. The third-order valence-electron chi connectivity index (χ3n) is 3.20. The maximum absolute atomic E-state index is 12.1. The number of amides is 1. The van der Waals surface area contributed by atoms with Crippen molar-refractivity contribution in [3.05, 3.63) is 65.7 Å². The van der Waals surface area contributed by atoms with Crippen LogP contribution in [-0.2, 0) is 4.79 Å². The number of para-hydroxylation sites is 1. The van der Waals surface area contributed by atoms with Crippen LogP contribution in [0.3, 0.4) is 0 Å². The summed E-state index contributed by atoms with van der Waals surface area (Å²) >= 11 is 0. The average molecular weight is 292 g/mol. The standard InChI is InChI=1S/C18H16N2O2/c1-13(14-7-9-16(22-2)10-8-14)11-18(21)20-17-6-4-3-5-15(17)12-19/h3-11H,1-2H3,(H,20,21)/b13-11+. The Morgan fingerprint density at radius 2 is 1.86 bits per heavy atom. The van der Waals surface area contributed by atoms with Gasteiger partial charge < -0.3 is 10.1 Å². The monoisotopic (exact) mass is 292 g/mol. The van der Waals surface area contributed by atoms with E-state index in [4.69, 9.17) is 10.00 Å². The van der Waals surface area contributed by atoms with E-state index in [9.17, 15) is 4.79 Å². The van der Waals surface area contributed by atoms with Crippen molar-refractivity contribution in [2.75, 3.05) is 12.4 Å². The van der Waals surface area contributed by atoms with Crippen LogP contribution in [0.25, 0.3) is 5.57 Å². The lowest BCUT2D eigenvalue weighted by atomic mass is 10.1. The summed E-state index contributed by atoms with van der Waals surface area (Å²) in [6.45, 7) is 1.86. The van der Waals surface area contributed by atoms with Crippen LogP contribution in [0, 0.1) is 11.3 Å². The van der Waals surface area contributed by atoms with Gasteiger partial charge in [0.2, 0.25) is 5.91 Å². The smallest absolute Gasteiger partial charge is 0.248 e. The number of carbonyl (C=O) groups is 1. The van der Waals surface area contributed by atoms with Crippen LogP contribution in [0.2, 0.25) is 0 Å². The van der Waals surface area contributed by atoms with Gasteiger partial charge in [0.25, 0.3) is 0 Å². The van der Waals surface area contributed by atoms with Gasteiger partial charge in [0, 0.05) is 6.08 Å². The van der Waals surface area contributed by atoms with Gasteiger partial charge in [-0.2, -0.15) is 5.26 Å². The van der Waals surface area contributed by atoms with Gasteiger partial charge in [-0.25, -0.2) is 0 Å². The van der Waals surface area contributed by atoms with E-state index in [1.807, 2.05) is 37.3 Å². The van der Waals surface area contributed by atoms with E-state index in [1.165, 1.54) is 6.08 Å². The number of nitrogens with zero attached hydrogens (tertiary/aromatic N) is 1. The minimum Gasteiger partial charge on any atom is -0.497 e. The quantitative estimate of drug-likeness (QED) is 0.876. The number of methoxy groups -OCH3 is 1. The highest BCUT2D eigenvalue weighted by Gasteiger charge is 2.05. The minimum absolute atomic E-state index is 0.268. The maximum atomic E-state index is 12.1. The first-order valence-corrected chi connectivity index (χ1v) is 6.77. The van der Waals surface area contributed by atoms with E-state index in [0.717, 1.165) is 16.9 Å². The summed E-state index contributed by atoms with van der Waals surface area (Å²) in [5, 5.41) is 11.7. The number of nitriles is 1. The van der Waals surface area contributed by atoms with Crippen LogP contribution in [0.4, 0.5) is 5.69 Å². The number of hydrogen-bond acceptors (Lipinski definition) is 3. The van der Waals surface area contributed by atoms with Crippen LogP contribution >= 0.6 is 0 Å². The Morgan fingerprint density at radius 1 is 1.18 bits per heavy atom. The Labute approximate surface area is 129 Å². The number of rotatable bonds is 4. The third kappa shape index (κ3) is 3.74. The molecule has 22 heavy (non-hydrogen) atoms. The first kappa shape index (κ1) is 15.3. The second-order valence-corrected chi connectivity index (χ2v) is 4.70. The second kappa shape index (κ2) is 7.09. The van der Waals surface area contributed by atoms with E-state index >= 15 is 0 Å². The van der Waals surface area contributed by atoms with Gasteiger partial charge in [0.05, 0.1) is 18.4 Å². The number of hydrogen-bond donors (Lipinski definition) is 1. The molecule has 4 nitrogen and oxygen atoms in total. The first-order chi connectivity index (χ1) is 10.6. The number of anilines is 1. The van der Waals surface area contributed by atoms with E-state index in [1.54, 1.807) is 31.4 Å². The number of benzene rings is 2. The highest BCUT2D eigenvalue weighted by molar-refractivity contribution is 6.04. The SMILES string of the molecule is COc1ccc(/C(C)=C/C(=O)Nc2ccccc2C#N)cc1. The van der Waals surface area contributed by atoms with Gasteiger partial charge >= 0.3 is 0 Å². The Bertz CT molecular complexity index is 740. The molecule has 0 radical (unpaired) electrons. The van der Waals surface area contributed by atoms with Gasteiger partial charge in [-0.15, -0.1) is 0 Å². The molecular formula is C18H16N2O2. The van der Waals surface area contributed by atoms with Crippen molar-refractivity contribution in [1.29, 1.82) is 5.26 Å². The summed E-state index contributed by atoms with van der Waals surface area (Å²) in [6.07, 6.45) is 1.51. The molecule has 1 N–H and O–H groups in total. The van der Waals surface area contributed by atoms with Gasteiger partial charge in [-0.05, 0) is 42.3 Å². The molecule has 2 aromatic rings. The summed E-state index contributed by atoms with van der Waals surface area (Å²) in [4.78, 5) is 12.1. The fourth-order valence-electron chi connectivity index (χ4n) is 1.99. The molecule has 0 fully saturated rings. The van der Waals surface area contributed by atoms with Gasteiger partial charge in [0.1, 0.15) is 11.8 Å². The van der Waals surface area contributed by atoms with Crippen molar-refractivity contribution in [2.45, 2.75) is 6.92 Å². The lowest BCUT2D eigenvalue weighted by Gasteiger charge is -2.06. The van der Waals surface area contributed by atoms with Crippen LogP contribution in [0.1, 0.15) is 18.1 Å². The molecule has 0 spiro atoms. The highest BCUT2D eigenvalue weighted by Crippen LogP contribution is 2.19. The molecule has 0 aliphatic rings. The zero-order valence-electron chi connectivity index (χ0n) is 12.5. The Hall–Kier alpha value is -3.06. The van der Waals surface area contributed by atoms with Crippen molar-refractivity contribution in [3.8, 4) is 11.8 Å². The average Bonchev–Trinajstić information content (AvgIpc) is 2.55. The van der Waals surface area contributed by atoms with E-state index in [-0.39, 0.29) is 5.91 Å². The fraction of sp³-hybridized carbons (Fsp3) is 0.111. The van der Waals surface area contributed by atoms with Crippen LogP contribution in [0.5, 0.6) is 5.75 Å². The molecule has 2 rings (SSSR count). The number of ether oxygens (including phenoxy) is 1. The van der Waals surface area contributed by atoms with E-state index in [2.05, 4.69) is 5.32 Å². The zero-order valence-corrected chi connectivity index (χ0v) is 12.5. The first-order valence-electron chi connectivity index (χ1n) is 6.77. The molecule has 0 atom stereocenters. The minimum atomic E-state index is -0.268. The van der Waals surface area contributed by atoms with Crippen LogP contribution in [-0.4, -0.2) is 13.0 Å². The third-order valence-corrected chi connectivity index (χ3v) is 3.20. The van der Waals surface area contributed by atoms with Crippen molar-refractivity contribution >= 4 is 17.2 Å². The molecule has 0 aliphatic carbocycles.